The number of fused-ring (bicyclic) bond motifs is 2. The summed E-state index contributed by atoms with van der Waals surface area (Å²) in [5, 5.41) is 0. The zero-order chi connectivity index (χ0) is 13.6. The first-order valence-corrected chi connectivity index (χ1v) is 7.54. The van der Waals surface area contributed by atoms with E-state index in [-0.39, 0.29) is 24.0 Å². The van der Waals surface area contributed by atoms with E-state index in [1.807, 2.05) is 13.8 Å². The topological polar surface area (TPSA) is 35.5 Å². The van der Waals surface area contributed by atoms with Gasteiger partial charge in [0.05, 0.1) is 12.2 Å². The van der Waals surface area contributed by atoms with Gasteiger partial charge in [0, 0.05) is 24.9 Å². The molecule has 2 heterocycles. The number of carbonyl (C=O) groups is 1. The number of ether oxygens (including phenoxy) is 2. The third-order valence-electron chi connectivity index (χ3n) is 5.52. The van der Waals surface area contributed by atoms with E-state index < -0.39 is 5.60 Å². The van der Waals surface area contributed by atoms with Crippen molar-refractivity contribution in [2.24, 2.45) is 17.8 Å². The van der Waals surface area contributed by atoms with Gasteiger partial charge >= 0.3 is 0 Å². The third-order valence-corrected chi connectivity index (χ3v) is 5.52. The fourth-order valence-corrected chi connectivity index (χ4v) is 4.28. The molecule has 1 aliphatic carbocycles. The average Bonchev–Trinajstić information content (AvgIpc) is 2.87. The van der Waals surface area contributed by atoms with Crippen molar-refractivity contribution < 1.29 is 14.3 Å². The maximum Gasteiger partial charge on any atom is 0.144 e. The first-order chi connectivity index (χ1) is 9.10. The molecule has 0 aromatic carbocycles. The normalized spacial score (nSPS) is 49.6. The van der Waals surface area contributed by atoms with Crippen LogP contribution in [0.15, 0.2) is 12.2 Å². The maximum atomic E-state index is 12.5. The maximum absolute atomic E-state index is 12.5. The molecule has 2 aliphatic heterocycles. The van der Waals surface area contributed by atoms with Gasteiger partial charge in [-0.3, -0.25) is 4.79 Å². The predicted molar refractivity (Wildman–Crippen MR) is 72.8 cm³/mol. The quantitative estimate of drug-likeness (QED) is 0.719. The summed E-state index contributed by atoms with van der Waals surface area (Å²) in [6.07, 6.45) is 9.09. The summed E-state index contributed by atoms with van der Waals surface area (Å²) in [5.41, 5.74) is -0.407. The van der Waals surface area contributed by atoms with E-state index in [0.29, 0.717) is 11.7 Å². The summed E-state index contributed by atoms with van der Waals surface area (Å²) in [6, 6.07) is 0. The summed E-state index contributed by atoms with van der Waals surface area (Å²) in [7, 11) is 1.79. The van der Waals surface area contributed by atoms with Crippen LogP contribution in [-0.2, 0) is 14.3 Å². The van der Waals surface area contributed by atoms with Gasteiger partial charge in [-0.05, 0) is 12.8 Å². The molecule has 6 atom stereocenters. The zero-order valence-corrected chi connectivity index (χ0v) is 12.1. The number of Topliss-reactive ketones (excluding diaryl/α,β-unsaturated/α-hetero) is 1. The van der Waals surface area contributed by atoms with Crippen molar-refractivity contribution in [3.63, 3.8) is 0 Å². The summed E-state index contributed by atoms with van der Waals surface area (Å²) < 4.78 is 12.0. The number of rotatable bonds is 2. The molecule has 0 radical (unpaired) electrons. The Bertz CT molecular complexity index is 403. The van der Waals surface area contributed by atoms with Crippen LogP contribution in [0.3, 0.4) is 0 Å². The monoisotopic (exact) mass is 264 g/mol. The molecule has 0 spiro atoms. The molecule has 19 heavy (non-hydrogen) atoms. The lowest BCUT2D eigenvalue weighted by atomic mass is 9.67. The van der Waals surface area contributed by atoms with E-state index in [1.54, 1.807) is 7.11 Å². The van der Waals surface area contributed by atoms with Crippen LogP contribution in [0.5, 0.6) is 0 Å². The highest BCUT2D eigenvalue weighted by atomic mass is 16.5. The average molecular weight is 264 g/mol. The van der Waals surface area contributed by atoms with Crippen molar-refractivity contribution in [1.29, 1.82) is 0 Å². The van der Waals surface area contributed by atoms with Gasteiger partial charge in [0.15, 0.2) is 0 Å². The Hall–Kier alpha value is -0.670. The second-order valence-corrected chi connectivity index (χ2v) is 6.37. The summed E-state index contributed by atoms with van der Waals surface area (Å²) in [5.74, 6) is 0.602. The molecule has 2 bridgehead atoms. The van der Waals surface area contributed by atoms with Crippen LogP contribution in [0, 0.1) is 17.8 Å². The summed E-state index contributed by atoms with van der Waals surface area (Å²) in [4.78, 5) is 12.5. The van der Waals surface area contributed by atoms with E-state index >= 15 is 0 Å². The van der Waals surface area contributed by atoms with Crippen LogP contribution in [0.2, 0.25) is 0 Å². The van der Waals surface area contributed by atoms with Gasteiger partial charge in [-0.15, -0.1) is 0 Å². The van der Waals surface area contributed by atoms with E-state index in [1.165, 1.54) is 12.8 Å². The third kappa shape index (κ3) is 1.82. The molecule has 1 saturated carbocycles. The molecule has 0 N–H and O–H groups in total. The van der Waals surface area contributed by atoms with Gasteiger partial charge in [0.25, 0.3) is 0 Å². The minimum atomic E-state index is -0.407. The van der Waals surface area contributed by atoms with Crippen molar-refractivity contribution in [3.05, 3.63) is 12.2 Å². The van der Waals surface area contributed by atoms with Crippen molar-refractivity contribution in [2.75, 3.05) is 7.11 Å². The molecular weight excluding hydrogens is 240 g/mol. The molecule has 3 heteroatoms. The van der Waals surface area contributed by atoms with Gasteiger partial charge in [-0.25, -0.2) is 0 Å². The largest absolute Gasteiger partial charge is 0.381 e. The van der Waals surface area contributed by atoms with Crippen molar-refractivity contribution in [1.82, 2.24) is 0 Å². The second kappa shape index (κ2) is 4.71. The Morgan fingerprint density at radius 3 is 2.79 bits per heavy atom. The molecular formula is C16H24O3. The lowest BCUT2D eigenvalue weighted by molar-refractivity contribution is -0.184. The lowest BCUT2D eigenvalue weighted by Gasteiger charge is -2.49. The molecule has 0 aromatic rings. The SMILES string of the molecule is CO[C@H]1CCCC[C@@H]1[C@]12C=C[C@H](O1)[C@@H](C)C(=O)[C@H]2C. The zero-order valence-electron chi connectivity index (χ0n) is 12.1. The number of ketones is 1. The van der Waals surface area contributed by atoms with Crippen LogP contribution in [0.4, 0.5) is 0 Å². The highest BCUT2D eigenvalue weighted by molar-refractivity contribution is 5.86. The van der Waals surface area contributed by atoms with Crippen molar-refractivity contribution in [2.45, 2.75) is 57.3 Å². The molecule has 0 aromatic heterocycles. The van der Waals surface area contributed by atoms with Gasteiger partial charge < -0.3 is 9.47 Å². The first kappa shape index (κ1) is 13.3. The van der Waals surface area contributed by atoms with Gasteiger partial charge in [0.1, 0.15) is 11.4 Å². The van der Waals surface area contributed by atoms with Gasteiger partial charge in [0.2, 0.25) is 0 Å². The number of hydrogen-bond donors (Lipinski definition) is 0. The summed E-state index contributed by atoms with van der Waals surface area (Å²) >= 11 is 0. The van der Waals surface area contributed by atoms with Crippen molar-refractivity contribution in [3.8, 4) is 0 Å². The number of methoxy groups -OCH3 is 1. The molecule has 0 amide bonds. The predicted octanol–water partition coefficient (Wildman–Crippen LogP) is 2.74. The van der Waals surface area contributed by atoms with E-state index in [0.717, 1.165) is 12.8 Å². The Morgan fingerprint density at radius 1 is 1.32 bits per heavy atom. The Kier molecular flexibility index (Phi) is 3.30. The fourth-order valence-electron chi connectivity index (χ4n) is 4.28. The number of carbonyl (C=O) groups excluding carboxylic acids is 1. The fraction of sp³-hybridized carbons (Fsp3) is 0.812. The Balaban J connectivity index is 1.94. The first-order valence-electron chi connectivity index (χ1n) is 7.54. The van der Waals surface area contributed by atoms with Crippen LogP contribution >= 0.6 is 0 Å². The van der Waals surface area contributed by atoms with Gasteiger partial charge in [-0.1, -0.05) is 38.8 Å². The Labute approximate surface area is 115 Å². The molecule has 1 saturated heterocycles. The van der Waals surface area contributed by atoms with E-state index in [2.05, 4.69) is 12.2 Å². The van der Waals surface area contributed by atoms with Crippen LogP contribution in [0.1, 0.15) is 39.5 Å². The molecule has 3 aliphatic rings. The minimum absolute atomic E-state index is 0.00791. The van der Waals surface area contributed by atoms with Crippen LogP contribution < -0.4 is 0 Å². The standard InChI is InChI=1S/C16H24O3/c1-10-13-8-9-16(19-13,11(2)15(10)17)12-6-4-5-7-14(12)18-3/h8-14H,4-7H2,1-3H3/t10-,11-,12+,13+,14+,16-/m1/s1. The highest BCUT2D eigenvalue weighted by Gasteiger charge is 2.57. The summed E-state index contributed by atoms with van der Waals surface area (Å²) in [6.45, 7) is 4.02. The Morgan fingerprint density at radius 2 is 2.05 bits per heavy atom. The van der Waals surface area contributed by atoms with E-state index in [4.69, 9.17) is 9.47 Å². The molecule has 106 valence electrons. The molecule has 2 fully saturated rings. The molecule has 3 rings (SSSR count). The van der Waals surface area contributed by atoms with Gasteiger partial charge in [-0.2, -0.15) is 0 Å². The minimum Gasteiger partial charge on any atom is -0.381 e. The van der Waals surface area contributed by atoms with Crippen LogP contribution in [0.25, 0.3) is 0 Å². The lowest BCUT2D eigenvalue weighted by Crippen LogP contribution is -2.57. The highest BCUT2D eigenvalue weighted by Crippen LogP contribution is 2.50. The molecule has 0 unspecified atom stereocenters. The number of hydrogen-bond acceptors (Lipinski definition) is 3. The second-order valence-electron chi connectivity index (χ2n) is 6.37. The smallest absolute Gasteiger partial charge is 0.144 e. The van der Waals surface area contributed by atoms with Crippen molar-refractivity contribution >= 4 is 5.78 Å². The molecule has 3 nitrogen and oxygen atoms in total. The van der Waals surface area contributed by atoms with Crippen LogP contribution in [-0.4, -0.2) is 30.7 Å². The van der Waals surface area contributed by atoms with E-state index in [9.17, 15) is 4.79 Å².